The highest BCUT2D eigenvalue weighted by Gasteiger charge is 2.32. The van der Waals surface area contributed by atoms with Gasteiger partial charge in [0, 0.05) is 13.0 Å². The number of hydrazine groups is 1. The molecular formula is C32H36N2O6. The fourth-order valence-electron chi connectivity index (χ4n) is 3.98. The monoisotopic (exact) mass is 544 g/mol. The predicted octanol–water partition coefficient (Wildman–Crippen LogP) is 5.61. The van der Waals surface area contributed by atoms with E-state index >= 15 is 0 Å². The van der Waals surface area contributed by atoms with Crippen LogP contribution < -0.4 is 5.43 Å². The van der Waals surface area contributed by atoms with Gasteiger partial charge in [-0.1, -0.05) is 91.0 Å². The van der Waals surface area contributed by atoms with Crippen molar-refractivity contribution in [3.8, 4) is 12.3 Å². The molecule has 0 aliphatic carbocycles. The molecule has 0 saturated carbocycles. The molecule has 3 rings (SSSR count). The van der Waals surface area contributed by atoms with E-state index in [0.29, 0.717) is 32.5 Å². The summed E-state index contributed by atoms with van der Waals surface area (Å²) < 4.78 is 16.6. The number of nitrogens with zero attached hydrogens (tertiary/aromatic N) is 1. The number of aliphatic hydroxyl groups excluding tert-OH is 1. The van der Waals surface area contributed by atoms with Gasteiger partial charge >= 0.3 is 12.2 Å². The summed E-state index contributed by atoms with van der Waals surface area (Å²) in [5.74, 6) is 2.43. The van der Waals surface area contributed by atoms with Gasteiger partial charge in [-0.05, 0) is 36.0 Å². The highest BCUT2D eigenvalue weighted by atomic mass is 16.6. The molecule has 0 saturated heterocycles. The summed E-state index contributed by atoms with van der Waals surface area (Å²) in [5.41, 5.74) is 5.12. The molecule has 8 heteroatoms. The van der Waals surface area contributed by atoms with E-state index < -0.39 is 24.3 Å². The van der Waals surface area contributed by atoms with Crippen molar-refractivity contribution in [2.45, 2.75) is 57.6 Å². The van der Waals surface area contributed by atoms with Crippen molar-refractivity contribution >= 4 is 12.2 Å². The van der Waals surface area contributed by atoms with Gasteiger partial charge in [0.05, 0.1) is 18.8 Å². The number of carbonyl (C=O) groups is 2. The number of unbranched alkanes of at least 4 members (excludes halogenated alkanes) is 1. The molecule has 2 N–H and O–H groups in total. The van der Waals surface area contributed by atoms with Crippen LogP contribution in [0.1, 0.15) is 42.4 Å². The van der Waals surface area contributed by atoms with Crippen LogP contribution in [-0.4, -0.2) is 41.1 Å². The van der Waals surface area contributed by atoms with E-state index in [1.54, 1.807) is 0 Å². The minimum Gasteiger partial charge on any atom is -0.443 e. The molecule has 0 spiro atoms. The number of benzene rings is 3. The fraction of sp³-hybridized carbons (Fsp3) is 0.312. The number of ether oxygens (including phenoxy) is 3. The maximum atomic E-state index is 13.2. The van der Waals surface area contributed by atoms with Gasteiger partial charge in [-0.2, -0.15) is 0 Å². The van der Waals surface area contributed by atoms with Crippen LogP contribution >= 0.6 is 0 Å². The first-order chi connectivity index (χ1) is 19.6. The van der Waals surface area contributed by atoms with Crippen LogP contribution in [0, 0.1) is 12.3 Å². The summed E-state index contributed by atoms with van der Waals surface area (Å²) in [7, 11) is 0. The molecule has 0 aliphatic rings. The zero-order valence-corrected chi connectivity index (χ0v) is 22.5. The van der Waals surface area contributed by atoms with Crippen LogP contribution in [0.15, 0.2) is 91.0 Å². The van der Waals surface area contributed by atoms with E-state index in [9.17, 15) is 14.7 Å². The van der Waals surface area contributed by atoms with Gasteiger partial charge in [-0.15, -0.1) is 12.3 Å². The molecule has 0 aromatic heterocycles. The first-order valence-electron chi connectivity index (χ1n) is 13.3. The lowest BCUT2D eigenvalue weighted by Gasteiger charge is -2.33. The fourth-order valence-corrected chi connectivity index (χ4v) is 3.98. The van der Waals surface area contributed by atoms with E-state index in [2.05, 4.69) is 11.3 Å². The van der Waals surface area contributed by atoms with E-state index in [1.807, 2.05) is 91.0 Å². The number of aliphatic hydroxyl groups is 1. The molecular weight excluding hydrogens is 508 g/mol. The molecule has 3 aromatic carbocycles. The summed E-state index contributed by atoms with van der Waals surface area (Å²) in [6, 6.07) is 27.3. The van der Waals surface area contributed by atoms with Crippen molar-refractivity contribution < 1.29 is 28.9 Å². The zero-order valence-electron chi connectivity index (χ0n) is 22.5. The third-order valence-electron chi connectivity index (χ3n) is 6.08. The molecule has 2 amide bonds. The van der Waals surface area contributed by atoms with Crippen LogP contribution in [0.25, 0.3) is 0 Å². The third-order valence-corrected chi connectivity index (χ3v) is 6.08. The van der Waals surface area contributed by atoms with Gasteiger partial charge in [0.1, 0.15) is 13.2 Å². The van der Waals surface area contributed by atoms with Crippen molar-refractivity contribution in [1.82, 2.24) is 10.4 Å². The van der Waals surface area contributed by atoms with E-state index in [0.717, 1.165) is 21.7 Å². The standard InChI is InChI=1S/C32H36N2O6/c1-2-14-30(35)29(21-12-13-22-38-23-26-15-6-3-7-16-26)34(32(37)40-25-28-19-10-5-11-20-28)33-31(36)39-24-27-17-8-4-9-18-27/h1,3-11,15-20,29-30,35H,12-14,21-25H2,(H,33,36)/t29-,30+/m1/s1. The smallest absolute Gasteiger partial charge is 0.429 e. The Balaban J connectivity index is 1.63. The lowest BCUT2D eigenvalue weighted by Crippen LogP contribution is -2.56. The summed E-state index contributed by atoms with van der Waals surface area (Å²) >= 11 is 0. The average Bonchev–Trinajstić information content (AvgIpc) is 2.99. The Labute approximate surface area is 235 Å². The van der Waals surface area contributed by atoms with Gasteiger partial charge in [-0.3, -0.25) is 0 Å². The van der Waals surface area contributed by atoms with Crippen LogP contribution in [0.4, 0.5) is 9.59 Å². The zero-order chi connectivity index (χ0) is 28.4. The Kier molecular flexibility index (Phi) is 13.1. The molecule has 210 valence electrons. The summed E-state index contributed by atoms with van der Waals surface area (Å²) in [5, 5.41) is 11.9. The van der Waals surface area contributed by atoms with Crippen LogP contribution in [-0.2, 0) is 34.0 Å². The second kappa shape index (κ2) is 17.3. The Hall–Kier alpha value is -4.32. The molecule has 3 aromatic rings. The van der Waals surface area contributed by atoms with Crippen LogP contribution in [0.5, 0.6) is 0 Å². The number of carbonyl (C=O) groups excluding carboxylic acids is 2. The molecule has 40 heavy (non-hydrogen) atoms. The molecule has 0 heterocycles. The van der Waals surface area contributed by atoms with E-state index in [-0.39, 0.29) is 19.6 Å². The van der Waals surface area contributed by atoms with Gasteiger partial charge in [0.2, 0.25) is 0 Å². The molecule has 2 atom stereocenters. The third kappa shape index (κ3) is 10.8. The topological polar surface area (TPSA) is 97.3 Å². The summed E-state index contributed by atoms with van der Waals surface area (Å²) in [6.45, 7) is 0.993. The Bertz CT molecular complexity index is 1180. The number of terminal acetylenes is 1. The van der Waals surface area contributed by atoms with Crippen molar-refractivity contribution in [3.63, 3.8) is 0 Å². The SMILES string of the molecule is C#CC[C@H](O)[C@@H](CCCCOCc1ccccc1)N(NC(=O)OCc1ccccc1)C(=O)OCc1ccccc1. The van der Waals surface area contributed by atoms with E-state index in [1.165, 1.54) is 0 Å². The molecule has 0 bridgehead atoms. The van der Waals surface area contributed by atoms with Crippen LogP contribution in [0.2, 0.25) is 0 Å². The lowest BCUT2D eigenvalue weighted by molar-refractivity contribution is 0.00140. The highest BCUT2D eigenvalue weighted by Crippen LogP contribution is 2.17. The lowest BCUT2D eigenvalue weighted by atomic mass is 10.0. The number of nitrogens with one attached hydrogen (secondary N) is 1. The quantitative estimate of drug-likeness (QED) is 0.156. The van der Waals surface area contributed by atoms with Crippen molar-refractivity contribution in [1.29, 1.82) is 0 Å². The van der Waals surface area contributed by atoms with Gasteiger partial charge in [0.25, 0.3) is 0 Å². The molecule has 0 aliphatic heterocycles. The summed E-state index contributed by atoms with van der Waals surface area (Å²) in [6.07, 6.45) is 4.28. The number of amides is 2. The Morgan fingerprint density at radius 3 is 1.88 bits per heavy atom. The van der Waals surface area contributed by atoms with E-state index in [4.69, 9.17) is 20.6 Å². The first-order valence-corrected chi connectivity index (χ1v) is 13.3. The van der Waals surface area contributed by atoms with Gasteiger partial charge in [0.15, 0.2) is 0 Å². The Morgan fingerprint density at radius 1 is 0.800 bits per heavy atom. The molecule has 0 unspecified atom stereocenters. The van der Waals surface area contributed by atoms with Gasteiger partial charge in [-0.25, -0.2) is 20.0 Å². The normalized spacial score (nSPS) is 12.0. The van der Waals surface area contributed by atoms with Crippen molar-refractivity contribution in [3.05, 3.63) is 108 Å². The molecule has 0 radical (unpaired) electrons. The number of rotatable bonds is 14. The van der Waals surface area contributed by atoms with Crippen LogP contribution in [0.3, 0.4) is 0 Å². The second-order valence-electron chi connectivity index (χ2n) is 9.16. The maximum Gasteiger partial charge on any atom is 0.429 e. The predicted molar refractivity (Wildman–Crippen MR) is 151 cm³/mol. The number of hydrogen-bond donors (Lipinski definition) is 2. The largest absolute Gasteiger partial charge is 0.443 e. The first kappa shape index (κ1) is 30.2. The Morgan fingerprint density at radius 2 is 1.32 bits per heavy atom. The van der Waals surface area contributed by atoms with Crippen molar-refractivity contribution in [2.75, 3.05) is 6.61 Å². The highest BCUT2D eigenvalue weighted by molar-refractivity contribution is 5.74. The summed E-state index contributed by atoms with van der Waals surface area (Å²) in [4.78, 5) is 25.9. The minimum atomic E-state index is -1.10. The van der Waals surface area contributed by atoms with Crippen molar-refractivity contribution in [2.24, 2.45) is 0 Å². The molecule has 0 fully saturated rings. The van der Waals surface area contributed by atoms with Gasteiger partial charge < -0.3 is 19.3 Å². The average molecular weight is 545 g/mol. The minimum absolute atomic E-state index is 0.00983. The number of hydrogen-bond acceptors (Lipinski definition) is 6. The second-order valence-corrected chi connectivity index (χ2v) is 9.16. The molecule has 8 nitrogen and oxygen atoms in total. The maximum absolute atomic E-state index is 13.2.